The second kappa shape index (κ2) is 5.24. The van der Waals surface area contributed by atoms with Crippen molar-refractivity contribution in [2.75, 3.05) is 5.73 Å². The fraction of sp³-hybridized carbons (Fsp3) is 0.583. The van der Waals surface area contributed by atoms with Gasteiger partial charge in [0.05, 0.1) is 0 Å². The van der Waals surface area contributed by atoms with E-state index in [-0.39, 0.29) is 10.9 Å². The van der Waals surface area contributed by atoms with Crippen molar-refractivity contribution in [3.05, 3.63) is 17.8 Å². The van der Waals surface area contributed by atoms with Crippen LogP contribution >= 0.6 is 0 Å². The smallest absolute Gasteiger partial charge is 0.242 e. The zero-order valence-corrected chi connectivity index (χ0v) is 11.3. The lowest BCUT2D eigenvalue weighted by atomic mass is 9.96. The van der Waals surface area contributed by atoms with Crippen molar-refractivity contribution in [3.63, 3.8) is 0 Å². The first-order chi connectivity index (χ1) is 8.49. The van der Waals surface area contributed by atoms with Gasteiger partial charge in [0.15, 0.2) is 0 Å². The van der Waals surface area contributed by atoms with Gasteiger partial charge in [0, 0.05) is 12.2 Å². The Morgan fingerprint density at radius 3 is 2.61 bits per heavy atom. The highest BCUT2D eigenvalue weighted by molar-refractivity contribution is 7.89. The number of pyridine rings is 1. The number of nitrogens with two attached hydrogens (primary N) is 1. The molecular formula is C12H19N3O2S. The summed E-state index contributed by atoms with van der Waals surface area (Å²) < 4.78 is 27.1. The Bertz CT molecular complexity index is 522. The molecule has 5 nitrogen and oxygen atoms in total. The van der Waals surface area contributed by atoms with Crippen molar-refractivity contribution in [1.29, 1.82) is 0 Å². The molecule has 6 heteroatoms. The Kier molecular flexibility index (Phi) is 3.87. The van der Waals surface area contributed by atoms with Crippen LogP contribution in [0.5, 0.6) is 0 Å². The largest absolute Gasteiger partial charge is 0.383 e. The summed E-state index contributed by atoms with van der Waals surface area (Å²) in [5, 5.41) is 0. The van der Waals surface area contributed by atoms with Crippen LogP contribution in [0.1, 0.15) is 37.7 Å². The van der Waals surface area contributed by atoms with E-state index < -0.39 is 10.0 Å². The lowest BCUT2D eigenvalue weighted by Gasteiger charge is -2.22. The van der Waals surface area contributed by atoms with Crippen LogP contribution in [0, 0.1) is 6.92 Å². The van der Waals surface area contributed by atoms with E-state index in [0.29, 0.717) is 11.4 Å². The molecule has 0 unspecified atom stereocenters. The molecule has 1 aliphatic rings. The lowest BCUT2D eigenvalue weighted by molar-refractivity contribution is 0.412. The summed E-state index contributed by atoms with van der Waals surface area (Å²) in [6.45, 7) is 1.75. The van der Waals surface area contributed by atoms with Crippen molar-refractivity contribution in [3.8, 4) is 0 Å². The van der Waals surface area contributed by atoms with E-state index in [4.69, 9.17) is 5.73 Å². The normalized spacial score (nSPS) is 17.8. The van der Waals surface area contributed by atoms with E-state index in [1.54, 1.807) is 13.0 Å². The quantitative estimate of drug-likeness (QED) is 0.872. The predicted molar refractivity (Wildman–Crippen MR) is 70.6 cm³/mol. The van der Waals surface area contributed by atoms with Gasteiger partial charge >= 0.3 is 0 Å². The predicted octanol–water partition coefficient (Wildman–Crippen LogP) is 1.58. The summed E-state index contributed by atoms with van der Waals surface area (Å²) in [4.78, 5) is 4.09. The van der Waals surface area contributed by atoms with E-state index in [1.165, 1.54) is 12.6 Å². The number of nitrogens with zero attached hydrogens (tertiary/aromatic N) is 1. The van der Waals surface area contributed by atoms with E-state index in [1.807, 2.05) is 0 Å². The highest BCUT2D eigenvalue weighted by atomic mass is 32.2. The number of hydrogen-bond donors (Lipinski definition) is 2. The molecule has 1 heterocycles. The Labute approximate surface area is 108 Å². The van der Waals surface area contributed by atoms with Gasteiger partial charge in [0.1, 0.15) is 10.7 Å². The maximum atomic E-state index is 12.2. The van der Waals surface area contributed by atoms with Gasteiger partial charge in [-0.15, -0.1) is 0 Å². The summed E-state index contributed by atoms with van der Waals surface area (Å²) in [5.74, 6) is 0.367. The molecule has 0 spiro atoms. The van der Waals surface area contributed by atoms with Gasteiger partial charge in [0.2, 0.25) is 10.0 Å². The number of anilines is 1. The molecule has 18 heavy (non-hydrogen) atoms. The molecule has 1 fully saturated rings. The van der Waals surface area contributed by atoms with Crippen molar-refractivity contribution < 1.29 is 8.42 Å². The fourth-order valence-corrected chi connectivity index (χ4v) is 3.55. The molecule has 0 atom stereocenters. The standard InChI is InChI=1S/C12H19N3O2S/c1-9-7-11(8-14-12(9)13)18(16,17)15-10-5-3-2-4-6-10/h7-8,10,15H,2-6H2,1H3,(H2,13,14). The van der Waals surface area contributed by atoms with Crippen molar-refractivity contribution in [2.24, 2.45) is 0 Å². The fourth-order valence-electron chi connectivity index (χ4n) is 2.21. The molecule has 3 N–H and O–H groups in total. The lowest BCUT2D eigenvalue weighted by Crippen LogP contribution is -2.36. The Balaban J connectivity index is 2.16. The average molecular weight is 269 g/mol. The second-order valence-electron chi connectivity index (χ2n) is 4.83. The first-order valence-electron chi connectivity index (χ1n) is 6.23. The minimum absolute atomic E-state index is 0.0570. The van der Waals surface area contributed by atoms with Crippen LogP contribution in [0.15, 0.2) is 17.2 Å². The molecule has 0 radical (unpaired) electrons. The van der Waals surface area contributed by atoms with E-state index in [2.05, 4.69) is 9.71 Å². The molecular weight excluding hydrogens is 250 g/mol. The van der Waals surface area contributed by atoms with Crippen LogP contribution in [0.3, 0.4) is 0 Å². The molecule has 1 saturated carbocycles. The number of nitrogens with one attached hydrogen (secondary N) is 1. The number of aromatic nitrogens is 1. The van der Waals surface area contributed by atoms with Crippen LogP contribution in [0.25, 0.3) is 0 Å². The third kappa shape index (κ3) is 3.00. The maximum Gasteiger partial charge on any atom is 0.242 e. The third-order valence-electron chi connectivity index (χ3n) is 3.33. The van der Waals surface area contributed by atoms with Gasteiger partial charge in [-0.25, -0.2) is 18.1 Å². The molecule has 0 aromatic carbocycles. The van der Waals surface area contributed by atoms with Crippen LogP contribution < -0.4 is 10.5 Å². The molecule has 1 aliphatic carbocycles. The van der Waals surface area contributed by atoms with E-state index >= 15 is 0 Å². The Morgan fingerprint density at radius 2 is 2.00 bits per heavy atom. The Hall–Kier alpha value is -1.14. The highest BCUT2D eigenvalue weighted by Gasteiger charge is 2.22. The summed E-state index contributed by atoms with van der Waals surface area (Å²) in [6.07, 6.45) is 6.52. The van der Waals surface area contributed by atoms with Crippen LogP contribution in [-0.2, 0) is 10.0 Å². The van der Waals surface area contributed by atoms with Crippen LogP contribution in [0.4, 0.5) is 5.82 Å². The molecule has 1 aromatic rings. The van der Waals surface area contributed by atoms with Crippen molar-refractivity contribution in [2.45, 2.75) is 50.0 Å². The average Bonchev–Trinajstić information content (AvgIpc) is 2.33. The van der Waals surface area contributed by atoms with Gasteiger partial charge in [-0.2, -0.15) is 0 Å². The highest BCUT2D eigenvalue weighted by Crippen LogP contribution is 2.20. The number of aryl methyl sites for hydroxylation is 1. The summed E-state index contributed by atoms with van der Waals surface area (Å²) >= 11 is 0. The van der Waals surface area contributed by atoms with Gasteiger partial charge < -0.3 is 5.73 Å². The first-order valence-corrected chi connectivity index (χ1v) is 7.72. The zero-order chi connectivity index (χ0) is 13.2. The number of sulfonamides is 1. The monoisotopic (exact) mass is 269 g/mol. The molecule has 0 amide bonds. The number of nitrogen functional groups attached to an aromatic ring is 1. The van der Waals surface area contributed by atoms with Crippen LogP contribution in [0.2, 0.25) is 0 Å². The molecule has 100 valence electrons. The molecule has 0 saturated heterocycles. The maximum absolute atomic E-state index is 12.2. The topological polar surface area (TPSA) is 85.1 Å². The molecule has 1 aromatic heterocycles. The minimum Gasteiger partial charge on any atom is -0.383 e. The van der Waals surface area contributed by atoms with Gasteiger partial charge in [0.25, 0.3) is 0 Å². The number of rotatable bonds is 3. The molecule has 2 rings (SSSR count). The SMILES string of the molecule is Cc1cc(S(=O)(=O)NC2CCCCC2)cnc1N. The van der Waals surface area contributed by atoms with Gasteiger partial charge in [-0.3, -0.25) is 0 Å². The zero-order valence-electron chi connectivity index (χ0n) is 10.5. The Morgan fingerprint density at radius 1 is 1.33 bits per heavy atom. The summed E-state index contributed by atoms with van der Waals surface area (Å²) in [7, 11) is -3.47. The third-order valence-corrected chi connectivity index (χ3v) is 4.82. The minimum atomic E-state index is -3.47. The van der Waals surface area contributed by atoms with Gasteiger partial charge in [-0.1, -0.05) is 19.3 Å². The van der Waals surface area contributed by atoms with Crippen molar-refractivity contribution in [1.82, 2.24) is 9.71 Å². The van der Waals surface area contributed by atoms with E-state index in [9.17, 15) is 8.42 Å². The van der Waals surface area contributed by atoms with Gasteiger partial charge in [-0.05, 0) is 31.4 Å². The summed E-state index contributed by atoms with van der Waals surface area (Å²) in [6, 6.07) is 1.62. The second-order valence-corrected chi connectivity index (χ2v) is 6.54. The van der Waals surface area contributed by atoms with Crippen LogP contribution in [-0.4, -0.2) is 19.4 Å². The number of hydrogen-bond acceptors (Lipinski definition) is 4. The summed E-state index contributed by atoms with van der Waals surface area (Å²) in [5.41, 5.74) is 6.27. The molecule has 0 bridgehead atoms. The molecule has 0 aliphatic heterocycles. The van der Waals surface area contributed by atoms with Crippen molar-refractivity contribution >= 4 is 15.8 Å². The van der Waals surface area contributed by atoms with E-state index in [0.717, 1.165) is 25.7 Å². The first kappa shape index (κ1) is 13.3.